The van der Waals surface area contributed by atoms with Gasteiger partial charge in [-0.1, -0.05) is 54.6 Å². The van der Waals surface area contributed by atoms with Crippen LogP contribution in [0.25, 0.3) is 0 Å². The molecule has 0 radical (unpaired) electrons. The molecule has 0 unspecified atom stereocenters. The first-order valence-corrected chi connectivity index (χ1v) is 12.5. The molecule has 1 amide bonds. The Morgan fingerprint density at radius 1 is 0.857 bits per heavy atom. The van der Waals surface area contributed by atoms with Crippen molar-refractivity contribution in [3.63, 3.8) is 0 Å². The van der Waals surface area contributed by atoms with Gasteiger partial charge in [-0.25, -0.2) is 0 Å². The lowest BCUT2D eigenvalue weighted by Crippen LogP contribution is -2.47. The second kappa shape index (κ2) is 11.3. The van der Waals surface area contributed by atoms with E-state index in [4.69, 9.17) is 9.47 Å². The van der Waals surface area contributed by atoms with Gasteiger partial charge in [-0.15, -0.1) is 0 Å². The van der Waals surface area contributed by atoms with Crippen LogP contribution in [0.1, 0.15) is 24.0 Å². The molecule has 2 aliphatic rings. The van der Waals surface area contributed by atoms with Gasteiger partial charge in [0, 0.05) is 37.9 Å². The maximum Gasteiger partial charge on any atom is 0.224 e. The highest BCUT2D eigenvalue weighted by atomic mass is 16.6. The lowest BCUT2D eigenvalue weighted by atomic mass is 10.0. The van der Waals surface area contributed by atoms with Crippen LogP contribution in [-0.4, -0.2) is 44.3 Å². The number of hydrogen-bond donors (Lipinski definition) is 2. The van der Waals surface area contributed by atoms with E-state index in [0.29, 0.717) is 25.6 Å². The van der Waals surface area contributed by atoms with Crippen molar-refractivity contribution in [1.82, 2.24) is 10.6 Å². The smallest absolute Gasteiger partial charge is 0.224 e. The van der Waals surface area contributed by atoms with E-state index in [9.17, 15) is 4.79 Å². The average molecular weight is 472 g/mol. The first kappa shape index (κ1) is 23.2. The van der Waals surface area contributed by atoms with Gasteiger partial charge in [0.05, 0.1) is 6.42 Å². The van der Waals surface area contributed by atoms with Gasteiger partial charge in [-0.05, 0) is 48.2 Å². The Kier molecular flexibility index (Phi) is 7.49. The zero-order valence-electron chi connectivity index (χ0n) is 20.0. The molecule has 0 aromatic heterocycles. The van der Waals surface area contributed by atoms with E-state index in [1.807, 2.05) is 54.6 Å². The van der Waals surface area contributed by atoms with E-state index in [2.05, 4.69) is 39.8 Å². The van der Waals surface area contributed by atoms with E-state index in [1.165, 1.54) is 5.69 Å². The molecule has 35 heavy (non-hydrogen) atoms. The van der Waals surface area contributed by atoms with Crippen molar-refractivity contribution in [2.45, 2.75) is 38.0 Å². The van der Waals surface area contributed by atoms with Crippen molar-refractivity contribution in [3.05, 3.63) is 90.0 Å². The molecule has 1 saturated heterocycles. The summed E-state index contributed by atoms with van der Waals surface area (Å²) >= 11 is 0. The minimum absolute atomic E-state index is 0.0420. The minimum atomic E-state index is 0.0420. The fourth-order valence-corrected chi connectivity index (χ4v) is 4.67. The zero-order valence-corrected chi connectivity index (χ0v) is 20.0. The summed E-state index contributed by atoms with van der Waals surface area (Å²) in [5.41, 5.74) is 3.36. The van der Waals surface area contributed by atoms with Gasteiger partial charge in [0.1, 0.15) is 12.7 Å². The SMILES string of the molecule is O=C(Cc1ccc(N2CCC(NC[C@@H]3COc4ccccc4O3)CC2)cc1)NCc1ccccc1. The van der Waals surface area contributed by atoms with Gasteiger partial charge in [0.15, 0.2) is 11.5 Å². The van der Waals surface area contributed by atoms with E-state index >= 15 is 0 Å². The summed E-state index contributed by atoms with van der Waals surface area (Å²) in [6, 6.07) is 26.7. The van der Waals surface area contributed by atoms with Gasteiger partial charge in [0.25, 0.3) is 0 Å². The van der Waals surface area contributed by atoms with Crippen LogP contribution in [0.3, 0.4) is 0 Å². The summed E-state index contributed by atoms with van der Waals surface area (Å²) in [5.74, 6) is 1.71. The molecule has 1 atom stereocenters. The van der Waals surface area contributed by atoms with Crippen molar-refractivity contribution < 1.29 is 14.3 Å². The molecule has 6 heteroatoms. The lowest BCUT2D eigenvalue weighted by molar-refractivity contribution is -0.120. The highest BCUT2D eigenvalue weighted by Crippen LogP contribution is 2.30. The molecular weight excluding hydrogens is 438 g/mol. The second-order valence-corrected chi connectivity index (χ2v) is 9.27. The average Bonchev–Trinajstić information content (AvgIpc) is 2.92. The first-order valence-electron chi connectivity index (χ1n) is 12.5. The number of benzene rings is 3. The van der Waals surface area contributed by atoms with Crippen LogP contribution in [0.15, 0.2) is 78.9 Å². The standard InChI is InChI=1S/C29H33N3O3/c33-29(31-19-23-6-2-1-3-7-23)18-22-10-12-25(13-11-22)32-16-14-24(15-17-32)30-20-26-21-34-27-8-4-5-9-28(27)35-26/h1-13,24,26,30H,14-21H2,(H,31,33)/t26-/m1/s1. The fourth-order valence-electron chi connectivity index (χ4n) is 4.67. The third kappa shape index (κ3) is 6.34. The third-order valence-corrected chi connectivity index (χ3v) is 6.70. The molecule has 2 aliphatic heterocycles. The Labute approximate surface area is 207 Å². The molecule has 0 saturated carbocycles. The van der Waals surface area contributed by atoms with Crippen molar-refractivity contribution in [2.75, 3.05) is 31.1 Å². The van der Waals surface area contributed by atoms with Crippen molar-refractivity contribution in [3.8, 4) is 11.5 Å². The minimum Gasteiger partial charge on any atom is -0.486 e. The van der Waals surface area contributed by atoms with Crippen molar-refractivity contribution >= 4 is 11.6 Å². The van der Waals surface area contributed by atoms with E-state index in [-0.39, 0.29) is 12.0 Å². The van der Waals surface area contributed by atoms with E-state index < -0.39 is 0 Å². The molecule has 1 fully saturated rings. The Hall–Kier alpha value is -3.51. The fraction of sp³-hybridized carbons (Fsp3) is 0.345. The number of fused-ring (bicyclic) bond motifs is 1. The maximum absolute atomic E-state index is 12.3. The van der Waals surface area contributed by atoms with Crippen LogP contribution in [0.2, 0.25) is 0 Å². The number of nitrogens with one attached hydrogen (secondary N) is 2. The molecule has 2 heterocycles. The number of rotatable bonds is 8. The second-order valence-electron chi connectivity index (χ2n) is 9.27. The van der Waals surface area contributed by atoms with Crippen LogP contribution < -0.4 is 25.0 Å². The van der Waals surface area contributed by atoms with Gasteiger partial charge in [0.2, 0.25) is 5.91 Å². The normalized spacial score (nSPS) is 17.7. The van der Waals surface area contributed by atoms with Crippen molar-refractivity contribution in [2.24, 2.45) is 0 Å². The Balaban J connectivity index is 1.03. The molecular formula is C29H33N3O3. The van der Waals surface area contributed by atoms with Crippen LogP contribution in [-0.2, 0) is 17.8 Å². The van der Waals surface area contributed by atoms with Gasteiger partial charge in [-0.2, -0.15) is 0 Å². The van der Waals surface area contributed by atoms with Crippen LogP contribution in [0, 0.1) is 0 Å². The quantitative estimate of drug-likeness (QED) is 0.521. The molecule has 6 nitrogen and oxygen atoms in total. The molecule has 3 aromatic rings. The number of hydrogen-bond acceptors (Lipinski definition) is 5. The Bertz CT molecular complexity index is 1100. The highest BCUT2D eigenvalue weighted by Gasteiger charge is 2.24. The maximum atomic E-state index is 12.3. The number of carbonyl (C=O) groups is 1. The highest BCUT2D eigenvalue weighted by molar-refractivity contribution is 5.78. The van der Waals surface area contributed by atoms with Gasteiger partial charge >= 0.3 is 0 Å². The summed E-state index contributed by atoms with van der Waals surface area (Å²) < 4.78 is 11.9. The summed E-state index contributed by atoms with van der Waals surface area (Å²) in [5, 5.41) is 6.67. The molecule has 182 valence electrons. The monoisotopic (exact) mass is 471 g/mol. The Morgan fingerprint density at radius 3 is 2.34 bits per heavy atom. The summed E-state index contributed by atoms with van der Waals surface area (Å²) in [7, 11) is 0. The van der Waals surface area contributed by atoms with Crippen LogP contribution in [0.5, 0.6) is 11.5 Å². The molecule has 0 aliphatic carbocycles. The molecule has 0 bridgehead atoms. The van der Waals surface area contributed by atoms with Gasteiger partial charge < -0.3 is 25.0 Å². The predicted molar refractivity (Wildman–Crippen MR) is 138 cm³/mol. The first-order chi connectivity index (χ1) is 17.2. The zero-order chi connectivity index (χ0) is 23.9. The number of piperidine rings is 1. The van der Waals surface area contributed by atoms with Crippen molar-refractivity contribution in [1.29, 1.82) is 0 Å². The molecule has 3 aromatic carbocycles. The number of ether oxygens (including phenoxy) is 2. The summed E-state index contributed by atoms with van der Waals surface area (Å²) in [4.78, 5) is 14.7. The van der Waals surface area contributed by atoms with Crippen LogP contribution >= 0.6 is 0 Å². The van der Waals surface area contributed by atoms with E-state index in [0.717, 1.165) is 55.1 Å². The van der Waals surface area contributed by atoms with Crippen LogP contribution in [0.4, 0.5) is 5.69 Å². The number of anilines is 1. The predicted octanol–water partition coefficient (Wildman–Crippen LogP) is 3.94. The van der Waals surface area contributed by atoms with E-state index in [1.54, 1.807) is 0 Å². The third-order valence-electron chi connectivity index (χ3n) is 6.70. The summed E-state index contributed by atoms with van der Waals surface area (Å²) in [6.07, 6.45) is 2.62. The molecule has 5 rings (SSSR count). The number of nitrogens with zero attached hydrogens (tertiary/aromatic N) is 1. The lowest BCUT2D eigenvalue weighted by Gasteiger charge is -2.35. The molecule has 2 N–H and O–H groups in total. The number of para-hydroxylation sites is 2. The molecule has 0 spiro atoms. The topological polar surface area (TPSA) is 62.8 Å². The number of carbonyl (C=O) groups excluding carboxylic acids is 1. The largest absolute Gasteiger partial charge is 0.486 e. The van der Waals surface area contributed by atoms with Gasteiger partial charge in [-0.3, -0.25) is 4.79 Å². The number of amides is 1. The Morgan fingerprint density at radius 2 is 1.57 bits per heavy atom. The summed E-state index contributed by atoms with van der Waals surface area (Å²) in [6.45, 7) is 3.96.